The zero-order valence-corrected chi connectivity index (χ0v) is 23.5. The van der Waals surface area contributed by atoms with Crippen LogP contribution < -0.4 is 0 Å². The van der Waals surface area contributed by atoms with Gasteiger partial charge in [-0.2, -0.15) is 9.78 Å². The van der Waals surface area contributed by atoms with E-state index in [0.29, 0.717) is 68.1 Å². The molecule has 1 aromatic carbocycles. The maximum Gasteiger partial charge on any atom is 0.306 e. The van der Waals surface area contributed by atoms with E-state index in [1.54, 1.807) is 18.6 Å². The third kappa shape index (κ3) is 4.70. The summed E-state index contributed by atoms with van der Waals surface area (Å²) in [4.78, 5) is 45.3. The van der Waals surface area contributed by atoms with Gasteiger partial charge in [0.15, 0.2) is 0 Å². The fourth-order valence-corrected chi connectivity index (χ4v) is 6.96. The number of aliphatic carboxylic acids is 1. The maximum absolute atomic E-state index is 14.2. The highest BCUT2D eigenvalue weighted by Gasteiger charge is 2.40. The molecule has 0 radical (unpaired) electrons. The van der Waals surface area contributed by atoms with Crippen LogP contribution in [0.1, 0.15) is 83.4 Å². The number of nitrogens with zero attached hydrogens (tertiary/aromatic N) is 5. The number of carbonyl (C=O) groups excluding carboxylic acids is 2. The number of carboxylic acid groups (broad SMARTS) is 1. The van der Waals surface area contributed by atoms with Crippen LogP contribution in [0.2, 0.25) is 5.02 Å². The van der Waals surface area contributed by atoms with Crippen LogP contribution in [0.3, 0.4) is 0 Å². The van der Waals surface area contributed by atoms with Crippen LogP contribution in [0.25, 0.3) is 5.57 Å². The lowest BCUT2D eigenvalue weighted by atomic mass is 9.82. The van der Waals surface area contributed by atoms with Gasteiger partial charge in [-0.3, -0.25) is 14.4 Å². The van der Waals surface area contributed by atoms with Crippen molar-refractivity contribution in [3.05, 3.63) is 76.1 Å². The van der Waals surface area contributed by atoms with Crippen molar-refractivity contribution in [3.8, 4) is 0 Å². The molecule has 2 atom stereocenters. The van der Waals surface area contributed by atoms with E-state index >= 15 is 0 Å². The van der Waals surface area contributed by atoms with Crippen molar-refractivity contribution in [3.63, 3.8) is 0 Å². The number of imidazole rings is 1. The molecule has 7 rings (SSSR count). The molecule has 10 heteroatoms. The lowest BCUT2D eigenvalue weighted by Crippen LogP contribution is -2.53. The van der Waals surface area contributed by atoms with Crippen molar-refractivity contribution in [2.24, 2.45) is 11.8 Å². The summed E-state index contributed by atoms with van der Waals surface area (Å²) in [6.45, 7) is 1.31. The smallest absolute Gasteiger partial charge is 0.306 e. The molecule has 4 aliphatic rings. The Morgan fingerprint density at radius 2 is 1.83 bits per heavy atom. The Hall–Kier alpha value is -3.72. The predicted molar refractivity (Wildman–Crippen MR) is 152 cm³/mol. The highest BCUT2D eigenvalue weighted by molar-refractivity contribution is 6.34. The second-order valence-electron chi connectivity index (χ2n) is 11.9. The Labute approximate surface area is 242 Å². The van der Waals surface area contributed by atoms with Crippen molar-refractivity contribution in [1.29, 1.82) is 0 Å². The number of allylic oxidation sites excluding steroid dienone is 2. The van der Waals surface area contributed by atoms with Crippen LogP contribution >= 0.6 is 11.6 Å². The molecule has 1 saturated heterocycles. The summed E-state index contributed by atoms with van der Waals surface area (Å²) in [5.41, 5.74) is 5.00. The number of rotatable bonds is 6. The van der Waals surface area contributed by atoms with Gasteiger partial charge in [0, 0.05) is 43.4 Å². The minimum absolute atomic E-state index is 0.117. The molecule has 1 saturated carbocycles. The molecule has 2 aromatic heterocycles. The maximum atomic E-state index is 14.2. The minimum Gasteiger partial charge on any atom is -0.481 e. The van der Waals surface area contributed by atoms with Gasteiger partial charge in [-0.25, -0.2) is 4.98 Å². The third-order valence-electron chi connectivity index (χ3n) is 9.28. The van der Waals surface area contributed by atoms with E-state index in [1.165, 1.54) is 4.68 Å². The van der Waals surface area contributed by atoms with Gasteiger partial charge >= 0.3 is 5.97 Å². The summed E-state index contributed by atoms with van der Waals surface area (Å²) in [6, 6.07) is 5.87. The molecule has 9 nitrogen and oxygen atoms in total. The standard InChI is InChI=1S/C31H32ClN5O4/c32-25-3-1-2-23(18-4-5-18)27(25)30(39)37-26-14-21(29(38)36-15-22(16-36)35-13-12-33-17-35)10-11-24(26)28(34-37)19-6-8-20(9-7-19)31(40)41/h1-3,6,12-13,17-18,20-22H,4-5,7-11,14-16H2,(H,40,41). The van der Waals surface area contributed by atoms with Gasteiger partial charge in [0.05, 0.1) is 40.3 Å². The monoisotopic (exact) mass is 573 g/mol. The lowest BCUT2D eigenvalue weighted by molar-refractivity contribution is -0.142. The molecule has 0 spiro atoms. The molecule has 2 unspecified atom stereocenters. The molecular weight excluding hydrogens is 542 g/mol. The first kappa shape index (κ1) is 26.2. The molecule has 3 heterocycles. The largest absolute Gasteiger partial charge is 0.481 e. The van der Waals surface area contributed by atoms with Crippen LogP contribution in [-0.2, 0) is 22.4 Å². The normalized spacial score (nSPS) is 22.6. The quantitative estimate of drug-likeness (QED) is 0.455. The highest BCUT2D eigenvalue weighted by atomic mass is 35.5. The molecule has 3 aromatic rings. The van der Waals surface area contributed by atoms with Crippen LogP contribution in [0.5, 0.6) is 0 Å². The van der Waals surface area contributed by atoms with Crippen LogP contribution in [0.4, 0.5) is 0 Å². The topological polar surface area (TPSA) is 110 Å². The third-order valence-corrected chi connectivity index (χ3v) is 9.59. The van der Waals surface area contributed by atoms with E-state index in [4.69, 9.17) is 16.7 Å². The van der Waals surface area contributed by atoms with Gasteiger partial charge in [0.25, 0.3) is 5.91 Å². The number of aromatic nitrogens is 4. The van der Waals surface area contributed by atoms with Gasteiger partial charge in [0.2, 0.25) is 5.91 Å². The van der Waals surface area contributed by atoms with Gasteiger partial charge < -0.3 is 14.6 Å². The molecule has 3 aliphatic carbocycles. The fourth-order valence-electron chi connectivity index (χ4n) is 6.70. The molecule has 1 amide bonds. The fraction of sp³-hybridized carbons (Fsp3) is 0.452. The molecule has 0 bridgehead atoms. The van der Waals surface area contributed by atoms with Gasteiger partial charge in [0.1, 0.15) is 0 Å². The van der Waals surface area contributed by atoms with E-state index in [-0.39, 0.29) is 23.8 Å². The first-order valence-corrected chi connectivity index (χ1v) is 14.9. The predicted octanol–water partition coefficient (Wildman–Crippen LogP) is 4.76. The van der Waals surface area contributed by atoms with Gasteiger partial charge in [-0.1, -0.05) is 29.8 Å². The number of fused-ring (bicyclic) bond motifs is 1. The first-order chi connectivity index (χ1) is 19.9. The Balaban J connectivity index is 1.21. The minimum atomic E-state index is -0.781. The van der Waals surface area contributed by atoms with Gasteiger partial charge in [-0.15, -0.1) is 0 Å². The molecule has 1 aliphatic heterocycles. The van der Waals surface area contributed by atoms with Gasteiger partial charge in [-0.05, 0) is 68.1 Å². The van der Waals surface area contributed by atoms with E-state index in [1.807, 2.05) is 33.9 Å². The average molecular weight is 574 g/mol. The second-order valence-corrected chi connectivity index (χ2v) is 12.3. The zero-order chi connectivity index (χ0) is 28.2. The van der Waals surface area contributed by atoms with Crippen LogP contribution in [0, 0.1) is 11.8 Å². The van der Waals surface area contributed by atoms with E-state index in [2.05, 4.69) is 4.98 Å². The Morgan fingerprint density at radius 3 is 2.51 bits per heavy atom. The van der Waals surface area contributed by atoms with Crippen molar-refractivity contribution in [2.75, 3.05) is 13.1 Å². The molecule has 2 fully saturated rings. The second kappa shape index (κ2) is 10.3. The number of halogens is 1. The molecule has 1 N–H and O–H groups in total. The van der Waals surface area contributed by atoms with Crippen molar-refractivity contribution in [2.45, 2.75) is 63.3 Å². The molecule has 41 heavy (non-hydrogen) atoms. The van der Waals surface area contributed by atoms with E-state index < -0.39 is 11.9 Å². The van der Waals surface area contributed by atoms with Crippen molar-refractivity contribution >= 4 is 35.0 Å². The number of likely N-dealkylation sites (tertiary alicyclic amines) is 1. The van der Waals surface area contributed by atoms with Crippen molar-refractivity contribution < 1.29 is 19.5 Å². The SMILES string of the molecule is O=C(O)C1CC=C(c2nn(C(=O)c3c(Cl)cccc3C3CC3)c3c2CCC(C(=O)N2CC(n4ccnc4)C2)C3)CC1. The summed E-state index contributed by atoms with van der Waals surface area (Å²) < 4.78 is 3.54. The Morgan fingerprint density at radius 1 is 1.02 bits per heavy atom. The number of carboxylic acids is 1. The number of carbonyl (C=O) groups is 3. The van der Waals surface area contributed by atoms with Crippen molar-refractivity contribution in [1.82, 2.24) is 24.2 Å². The Bertz CT molecular complexity index is 1560. The van der Waals surface area contributed by atoms with E-state index in [0.717, 1.165) is 40.9 Å². The number of amides is 1. The number of benzene rings is 1. The molecule has 212 valence electrons. The summed E-state index contributed by atoms with van der Waals surface area (Å²) >= 11 is 6.64. The first-order valence-electron chi connectivity index (χ1n) is 14.5. The summed E-state index contributed by atoms with van der Waals surface area (Å²) in [5.74, 6) is -1.21. The van der Waals surface area contributed by atoms with E-state index in [9.17, 15) is 19.5 Å². The number of hydrogen-bond acceptors (Lipinski definition) is 5. The average Bonchev–Trinajstić information content (AvgIpc) is 3.53. The highest BCUT2D eigenvalue weighted by Crippen LogP contribution is 2.44. The summed E-state index contributed by atoms with van der Waals surface area (Å²) in [6.07, 6.45) is 12.9. The van der Waals surface area contributed by atoms with Crippen LogP contribution in [0.15, 0.2) is 43.0 Å². The summed E-state index contributed by atoms with van der Waals surface area (Å²) in [5, 5.41) is 14.8. The molecular formula is C31H32ClN5O4. The van der Waals surface area contributed by atoms with Crippen LogP contribution in [-0.4, -0.2) is 60.2 Å². The Kier molecular flexibility index (Phi) is 6.57. The number of hydrogen-bond donors (Lipinski definition) is 1. The zero-order valence-electron chi connectivity index (χ0n) is 22.7. The summed E-state index contributed by atoms with van der Waals surface area (Å²) in [7, 11) is 0. The lowest BCUT2D eigenvalue weighted by Gasteiger charge is -2.42.